The van der Waals surface area contributed by atoms with Crippen LogP contribution in [0, 0.1) is 6.92 Å². The van der Waals surface area contributed by atoms with Gasteiger partial charge >= 0.3 is 6.03 Å². The van der Waals surface area contributed by atoms with Gasteiger partial charge in [0.25, 0.3) is 5.91 Å². The number of hydrogen-bond donors (Lipinski definition) is 2. The van der Waals surface area contributed by atoms with Crippen LogP contribution in [-0.2, 0) is 9.59 Å². The summed E-state index contributed by atoms with van der Waals surface area (Å²) in [5.74, 6) is -0.846. The summed E-state index contributed by atoms with van der Waals surface area (Å²) in [6.45, 7) is 1.63. The molecule has 24 heavy (non-hydrogen) atoms. The van der Waals surface area contributed by atoms with Crippen LogP contribution in [-0.4, -0.2) is 29.3 Å². The zero-order chi connectivity index (χ0) is 17.1. The van der Waals surface area contributed by atoms with Crippen LogP contribution in [0.2, 0.25) is 0 Å². The fraction of sp³-hybridized carbons (Fsp3) is 0.167. The van der Waals surface area contributed by atoms with Crippen molar-refractivity contribution in [3.8, 4) is 0 Å². The van der Waals surface area contributed by atoms with E-state index in [9.17, 15) is 14.4 Å². The van der Waals surface area contributed by atoms with Crippen molar-refractivity contribution < 1.29 is 14.4 Å². The molecule has 1 fully saturated rings. The van der Waals surface area contributed by atoms with Crippen LogP contribution in [0.3, 0.4) is 0 Å². The lowest BCUT2D eigenvalue weighted by atomic mass is 10.1. The molecule has 0 radical (unpaired) electrons. The molecule has 2 aromatic rings. The number of nitrogens with one attached hydrogen (secondary N) is 2. The fourth-order valence-electron chi connectivity index (χ4n) is 2.52. The highest BCUT2D eigenvalue weighted by atomic mass is 16.2. The molecular weight excluding hydrogens is 306 g/mol. The second-order valence-corrected chi connectivity index (χ2v) is 5.63. The van der Waals surface area contributed by atoms with Crippen LogP contribution in [0.15, 0.2) is 54.6 Å². The first-order valence-electron chi connectivity index (χ1n) is 7.58. The summed E-state index contributed by atoms with van der Waals surface area (Å²) in [5.41, 5.74) is 2.39. The van der Waals surface area contributed by atoms with Gasteiger partial charge in [-0.1, -0.05) is 48.0 Å². The highest BCUT2D eigenvalue weighted by Crippen LogP contribution is 2.21. The number of anilines is 1. The molecule has 2 N–H and O–H groups in total. The fourth-order valence-corrected chi connectivity index (χ4v) is 2.52. The van der Waals surface area contributed by atoms with Gasteiger partial charge in [-0.15, -0.1) is 0 Å². The van der Waals surface area contributed by atoms with E-state index in [0.717, 1.165) is 10.5 Å². The Morgan fingerprint density at radius 3 is 2.42 bits per heavy atom. The van der Waals surface area contributed by atoms with Gasteiger partial charge < -0.3 is 10.6 Å². The molecule has 4 amide bonds. The van der Waals surface area contributed by atoms with E-state index in [-0.39, 0.29) is 6.54 Å². The topological polar surface area (TPSA) is 78.5 Å². The SMILES string of the molecule is Cc1ccc(NC(=O)CN2C(=O)NC(c3ccccc3)C2=O)cc1. The number of hydrogen-bond acceptors (Lipinski definition) is 3. The van der Waals surface area contributed by atoms with E-state index in [2.05, 4.69) is 10.6 Å². The van der Waals surface area contributed by atoms with Crippen LogP contribution in [0.25, 0.3) is 0 Å². The third kappa shape index (κ3) is 3.27. The molecule has 0 aromatic heterocycles. The average Bonchev–Trinajstić information content (AvgIpc) is 2.86. The van der Waals surface area contributed by atoms with E-state index in [1.54, 1.807) is 36.4 Å². The van der Waals surface area contributed by atoms with Crippen LogP contribution >= 0.6 is 0 Å². The normalized spacial score (nSPS) is 16.9. The van der Waals surface area contributed by atoms with Crippen LogP contribution < -0.4 is 10.6 Å². The van der Waals surface area contributed by atoms with Gasteiger partial charge in [0.2, 0.25) is 5.91 Å². The Hall–Kier alpha value is -3.15. The maximum Gasteiger partial charge on any atom is 0.325 e. The van der Waals surface area contributed by atoms with Crippen LogP contribution in [0.4, 0.5) is 10.5 Å². The van der Waals surface area contributed by atoms with E-state index in [4.69, 9.17) is 0 Å². The third-order valence-corrected chi connectivity index (χ3v) is 3.80. The molecule has 1 aliphatic rings. The van der Waals surface area contributed by atoms with E-state index in [1.165, 1.54) is 0 Å². The number of nitrogens with zero attached hydrogens (tertiary/aromatic N) is 1. The minimum absolute atomic E-state index is 0.318. The number of urea groups is 1. The summed E-state index contributed by atoms with van der Waals surface area (Å²) < 4.78 is 0. The molecule has 0 spiro atoms. The van der Waals surface area contributed by atoms with Crippen LogP contribution in [0.1, 0.15) is 17.2 Å². The van der Waals surface area contributed by atoms with Gasteiger partial charge in [-0.2, -0.15) is 0 Å². The molecule has 1 unspecified atom stereocenters. The number of carbonyl (C=O) groups is 3. The Kier molecular flexibility index (Phi) is 4.29. The van der Waals surface area contributed by atoms with E-state index >= 15 is 0 Å². The molecule has 3 rings (SSSR count). The van der Waals surface area contributed by atoms with E-state index < -0.39 is 23.9 Å². The second kappa shape index (κ2) is 6.54. The number of benzene rings is 2. The van der Waals surface area contributed by atoms with Gasteiger partial charge in [0, 0.05) is 5.69 Å². The van der Waals surface area contributed by atoms with Crippen LogP contribution in [0.5, 0.6) is 0 Å². The molecule has 1 aliphatic heterocycles. The standard InChI is InChI=1S/C18H17N3O3/c1-12-7-9-14(10-8-12)19-15(22)11-21-17(23)16(20-18(21)24)13-5-3-2-4-6-13/h2-10,16H,11H2,1H3,(H,19,22)(H,20,24). The Bertz CT molecular complexity index is 772. The molecule has 1 heterocycles. The first-order valence-corrected chi connectivity index (χ1v) is 7.58. The number of carbonyl (C=O) groups excluding carboxylic acids is 3. The summed E-state index contributed by atoms with van der Waals surface area (Å²) in [4.78, 5) is 37.5. The molecule has 1 atom stereocenters. The molecular formula is C18H17N3O3. The van der Waals surface area contributed by atoms with Crippen molar-refractivity contribution in [2.75, 3.05) is 11.9 Å². The highest BCUT2D eigenvalue weighted by Gasteiger charge is 2.39. The van der Waals surface area contributed by atoms with Gasteiger partial charge in [-0.25, -0.2) is 4.79 Å². The van der Waals surface area contributed by atoms with Crippen molar-refractivity contribution in [2.24, 2.45) is 0 Å². The number of rotatable bonds is 4. The summed E-state index contributed by atoms with van der Waals surface area (Å²) in [5, 5.41) is 5.28. The molecule has 1 saturated heterocycles. The summed E-state index contributed by atoms with van der Waals surface area (Å²) in [6.07, 6.45) is 0. The predicted molar refractivity (Wildman–Crippen MR) is 89.2 cm³/mol. The summed E-state index contributed by atoms with van der Waals surface area (Å²) in [7, 11) is 0. The quantitative estimate of drug-likeness (QED) is 0.847. The van der Waals surface area contributed by atoms with Crippen molar-refractivity contribution in [1.29, 1.82) is 0 Å². The maximum absolute atomic E-state index is 12.4. The van der Waals surface area contributed by atoms with Crippen molar-refractivity contribution in [1.82, 2.24) is 10.2 Å². The molecule has 0 aliphatic carbocycles. The summed E-state index contributed by atoms with van der Waals surface area (Å²) in [6, 6.07) is 14.9. The van der Waals surface area contributed by atoms with Gasteiger partial charge in [-0.05, 0) is 24.6 Å². The lowest BCUT2D eigenvalue weighted by Crippen LogP contribution is -2.38. The molecule has 6 heteroatoms. The molecule has 0 bridgehead atoms. The van der Waals surface area contributed by atoms with Crippen molar-refractivity contribution in [3.05, 3.63) is 65.7 Å². The predicted octanol–water partition coefficient (Wildman–Crippen LogP) is 2.23. The maximum atomic E-state index is 12.4. The van der Waals surface area contributed by atoms with E-state index in [1.807, 2.05) is 25.1 Å². The molecule has 2 aromatic carbocycles. The lowest BCUT2D eigenvalue weighted by molar-refractivity contribution is -0.130. The zero-order valence-electron chi connectivity index (χ0n) is 13.2. The number of aryl methyl sites for hydroxylation is 1. The van der Waals surface area contributed by atoms with Crippen molar-refractivity contribution >= 4 is 23.5 Å². The summed E-state index contributed by atoms with van der Waals surface area (Å²) >= 11 is 0. The zero-order valence-corrected chi connectivity index (χ0v) is 13.2. The number of amides is 4. The third-order valence-electron chi connectivity index (χ3n) is 3.80. The second-order valence-electron chi connectivity index (χ2n) is 5.63. The van der Waals surface area contributed by atoms with Gasteiger partial charge in [-0.3, -0.25) is 14.5 Å². The smallest absolute Gasteiger partial charge is 0.325 e. The lowest BCUT2D eigenvalue weighted by Gasteiger charge is -2.13. The molecule has 122 valence electrons. The van der Waals surface area contributed by atoms with Crippen molar-refractivity contribution in [2.45, 2.75) is 13.0 Å². The van der Waals surface area contributed by atoms with Gasteiger partial charge in [0.05, 0.1) is 0 Å². The highest BCUT2D eigenvalue weighted by molar-refractivity contribution is 6.08. The largest absolute Gasteiger partial charge is 0.325 e. The minimum Gasteiger partial charge on any atom is -0.325 e. The first-order chi connectivity index (χ1) is 11.5. The first kappa shape index (κ1) is 15.7. The van der Waals surface area contributed by atoms with Gasteiger partial charge in [0.15, 0.2) is 0 Å². The Labute approximate surface area is 139 Å². The Morgan fingerprint density at radius 2 is 1.75 bits per heavy atom. The molecule has 0 saturated carbocycles. The van der Waals surface area contributed by atoms with Crippen molar-refractivity contribution in [3.63, 3.8) is 0 Å². The minimum atomic E-state index is -0.745. The van der Waals surface area contributed by atoms with E-state index in [0.29, 0.717) is 11.3 Å². The monoisotopic (exact) mass is 323 g/mol. The number of imide groups is 1. The average molecular weight is 323 g/mol. The molecule has 6 nitrogen and oxygen atoms in total. The Balaban J connectivity index is 1.66. The Morgan fingerprint density at radius 1 is 1.08 bits per heavy atom. The van der Waals surface area contributed by atoms with Gasteiger partial charge in [0.1, 0.15) is 12.6 Å².